The van der Waals surface area contributed by atoms with Crippen LogP contribution in [0, 0.1) is 11.8 Å². The van der Waals surface area contributed by atoms with Gasteiger partial charge >= 0.3 is 6.03 Å². The molecule has 0 heterocycles. The van der Waals surface area contributed by atoms with E-state index in [1.165, 1.54) is 10.5 Å². The maximum absolute atomic E-state index is 11.7. The van der Waals surface area contributed by atoms with Crippen molar-refractivity contribution in [2.45, 2.75) is 26.3 Å². The number of urea groups is 1. The van der Waals surface area contributed by atoms with Crippen LogP contribution in [0.15, 0.2) is 48.5 Å². The zero-order chi connectivity index (χ0) is 18.9. The Balaban J connectivity index is 1.94. The van der Waals surface area contributed by atoms with Gasteiger partial charge in [-0.3, -0.25) is 0 Å². The van der Waals surface area contributed by atoms with E-state index in [2.05, 4.69) is 29.3 Å². The Morgan fingerprint density at radius 2 is 1.58 bits per heavy atom. The van der Waals surface area contributed by atoms with Crippen molar-refractivity contribution >= 4 is 6.03 Å². The van der Waals surface area contributed by atoms with Gasteiger partial charge in [-0.15, -0.1) is 0 Å². The number of benzene rings is 2. The molecule has 2 aromatic rings. The van der Waals surface area contributed by atoms with Gasteiger partial charge in [-0.2, -0.15) is 0 Å². The van der Waals surface area contributed by atoms with Gasteiger partial charge in [-0.25, -0.2) is 4.79 Å². The number of amides is 2. The Bertz CT molecular complexity index is 769. The lowest BCUT2D eigenvalue weighted by atomic mass is 10.1. The average Bonchev–Trinajstić information content (AvgIpc) is 2.62. The van der Waals surface area contributed by atoms with Crippen LogP contribution in [-0.2, 0) is 6.42 Å². The maximum atomic E-state index is 11.7. The third-order valence-electron chi connectivity index (χ3n) is 3.79. The minimum Gasteiger partial charge on any atom is -0.494 e. The molecule has 0 aliphatic carbocycles. The van der Waals surface area contributed by atoms with Crippen molar-refractivity contribution in [2.24, 2.45) is 0 Å². The van der Waals surface area contributed by atoms with E-state index in [4.69, 9.17) is 4.74 Å². The van der Waals surface area contributed by atoms with Gasteiger partial charge in [-0.1, -0.05) is 24.0 Å². The van der Waals surface area contributed by atoms with Crippen molar-refractivity contribution in [3.63, 3.8) is 0 Å². The SMILES string of the molecule is CCOc1ccc(C#Cc2ccc(CC(C)NC(=O)N(C)C)cc2)cc1. The van der Waals surface area contributed by atoms with Crippen molar-refractivity contribution < 1.29 is 9.53 Å². The van der Waals surface area contributed by atoms with Crippen LogP contribution in [0.3, 0.4) is 0 Å². The third kappa shape index (κ3) is 6.18. The molecule has 0 aliphatic rings. The Morgan fingerprint density at radius 3 is 2.08 bits per heavy atom. The molecule has 136 valence electrons. The number of carbonyl (C=O) groups is 1. The molecule has 2 aromatic carbocycles. The number of hydrogen-bond donors (Lipinski definition) is 1. The summed E-state index contributed by atoms with van der Waals surface area (Å²) in [6.07, 6.45) is 0.784. The number of ether oxygens (including phenoxy) is 1. The highest BCUT2D eigenvalue weighted by Crippen LogP contribution is 2.12. The second kappa shape index (κ2) is 9.53. The predicted molar refractivity (Wildman–Crippen MR) is 105 cm³/mol. The highest BCUT2D eigenvalue weighted by molar-refractivity contribution is 5.73. The van der Waals surface area contributed by atoms with Gasteiger partial charge in [0, 0.05) is 31.3 Å². The van der Waals surface area contributed by atoms with Crippen LogP contribution in [0.1, 0.15) is 30.5 Å². The molecule has 0 bridgehead atoms. The normalized spacial score (nSPS) is 11.1. The van der Waals surface area contributed by atoms with Gasteiger partial charge in [0.1, 0.15) is 5.75 Å². The minimum atomic E-state index is -0.0738. The number of nitrogens with zero attached hydrogens (tertiary/aromatic N) is 1. The summed E-state index contributed by atoms with van der Waals surface area (Å²) in [5.74, 6) is 7.19. The van der Waals surface area contributed by atoms with Crippen molar-refractivity contribution in [1.29, 1.82) is 0 Å². The van der Waals surface area contributed by atoms with Gasteiger partial charge in [0.15, 0.2) is 0 Å². The van der Waals surface area contributed by atoms with Gasteiger partial charge in [0.05, 0.1) is 6.61 Å². The fourth-order valence-corrected chi connectivity index (χ4v) is 2.41. The molecule has 0 aromatic heterocycles. The lowest BCUT2D eigenvalue weighted by Gasteiger charge is -2.17. The van der Waals surface area contributed by atoms with E-state index in [9.17, 15) is 4.79 Å². The van der Waals surface area contributed by atoms with E-state index >= 15 is 0 Å². The molecule has 0 fully saturated rings. The topological polar surface area (TPSA) is 41.6 Å². The summed E-state index contributed by atoms with van der Waals surface area (Å²) in [7, 11) is 3.47. The number of nitrogens with one attached hydrogen (secondary N) is 1. The molecule has 4 heteroatoms. The van der Waals surface area contributed by atoms with E-state index < -0.39 is 0 Å². The summed E-state index contributed by atoms with van der Waals surface area (Å²) >= 11 is 0. The molecule has 2 amide bonds. The number of carbonyl (C=O) groups excluding carboxylic acids is 1. The van der Waals surface area contributed by atoms with Gasteiger partial charge in [0.25, 0.3) is 0 Å². The lowest BCUT2D eigenvalue weighted by molar-refractivity contribution is 0.214. The quantitative estimate of drug-likeness (QED) is 0.836. The zero-order valence-electron chi connectivity index (χ0n) is 15.9. The molecule has 0 saturated carbocycles. The van der Waals surface area contributed by atoms with Crippen LogP contribution in [0.25, 0.3) is 0 Å². The van der Waals surface area contributed by atoms with Crippen molar-refractivity contribution in [1.82, 2.24) is 10.2 Å². The molecule has 26 heavy (non-hydrogen) atoms. The first-order valence-electron chi connectivity index (χ1n) is 8.79. The molecular formula is C22H26N2O2. The monoisotopic (exact) mass is 350 g/mol. The van der Waals surface area contributed by atoms with Crippen LogP contribution in [-0.4, -0.2) is 37.7 Å². The fraction of sp³-hybridized carbons (Fsp3) is 0.318. The molecular weight excluding hydrogens is 324 g/mol. The maximum Gasteiger partial charge on any atom is 0.317 e. The van der Waals surface area contributed by atoms with Gasteiger partial charge < -0.3 is 15.0 Å². The van der Waals surface area contributed by atoms with Crippen LogP contribution in [0.5, 0.6) is 5.75 Å². The smallest absolute Gasteiger partial charge is 0.317 e. The summed E-state index contributed by atoms with van der Waals surface area (Å²) in [5.41, 5.74) is 3.09. The first-order valence-corrected chi connectivity index (χ1v) is 8.79. The zero-order valence-corrected chi connectivity index (χ0v) is 15.9. The van der Waals surface area contributed by atoms with Crippen molar-refractivity contribution in [2.75, 3.05) is 20.7 Å². The Kier molecular flexibility index (Phi) is 7.11. The van der Waals surface area contributed by atoms with E-state index in [-0.39, 0.29) is 12.1 Å². The lowest BCUT2D eigenvalue weighted by Crippen LogP contribution is -2.40. The third-order valence-corrected chi connectivity index (χ3v) is 3.79. The molecule has 1 N–H and O–H groups in total. The van der Waals surface area contributed by atoms with E-state index in [0.717, 1.165) is 23.3 Å². The highest BCUT2D eigenvalue weighted by Gasteiger charge is 2.09. The van der Waals surface area contributed by atoms with Crippen molar-refractivity contribution in [3.8, 4) is 17.6 Å². The molecule has 0 aliphatic heterocycles. The Morgan fingerprint density at radius 1 is 1.04 bits per heavy atom. The van der Waals surface area contributed by atoms with Crippen molar-refractivity contribution in [3.05, 3.63) is 65.2 Å². The average molecular weight is 350 g/mol. The second-order valence-corrected chi connectivity index (χ2v) is 6.35. The largest absolute Gasteiger partial charge is 0.494 e. The summed E-state index contributed by atoms with van der Waals surface area (Å²) in [6.45, 7) is 4.63. The summed E-state index contributed by atoms with van der Waals surface area (Å²) in [4.78, 5) is 13.2. The van der Waals surface area contributed by atoms with Crippen LogP contribution in [0.2, 0.25) is 0 Å². The number of rotatable bonds is 5. The second-order valence-electron chi connectivity index (χ2n) is 6.35. The molecule has 1 atom stereocenters. The molecule has 0 saturated heterocycles. The molecule has 1 unspecified atom stereocenters. The van der Waals surface area contributed by atoms with E-state index in [0.29, 0.717) is 6.61 Å². The Hall–Kier alpha value is -2.93. The predicted octanol–water partition coefficient (Wildman–Crippen LogP) is 3.69. The van der Waals surface area contributed by atoms with E-state index in [1.54, 1.807) is 14.1 Å². The highest BCUT2D eigenvalue weighted by atomic mass is 16.5. The summed E-state index contributed by atoms with van der Waals surface area (Å²) in [5, 5.41) is 2.95. The van der Waals surface area contributed by atoms with Gasteiger partial charge in [-0.05, 0) is 62.2 Å². The Labute approximate surface area is 156 Å². The molecule has 0 radical (unpaired) electrons. The molecule has 4 nitrogen and oxygen atoms in total. The molecule has 0 spiro atoms. The first kappa shape index (κ1) is 19.4. The van der Waals surface area contributed by atoms with Gasteiger partial charge in [0.2, 0.25) is 0 Å². The summed E-state index contributed by atoms with van der Waals surface area (Å²) < 4.78 is 5.43. The van der Waals surface area contributed by atoms with Crippen LogP contribution < -0.4 is 10.1 Å². The van der Waals surface area contributed by atoms with E-state index in [1.807, 2.05) is 50.2 Å². The summed E-state index contributed by atoms with van der Waals surface area (Å²) in [6, 6.07) is 15.9. The molecule has 2 rings (SSSR count). The first-order chi connectivity index (χ1) is 12.5. The fourth-order valence-electron chi connectivity index (χ4n) is 2.41. The standard InChI is InChI=1S/C22H26N2O2/c1-5-26-21-14-12-19(13-15-21)7-6-18-8-10-20(11-9-18)16-17(2)23-22(25)24(3)4/h8-15,17H,5,16H2,1-4H3,(H,23,25). The minimum absolute atomic E-state index is 0.0738. The van der Waals surface area contributed by atoms with Crippen LogP contribution >= 0.6 is 0 Å². The number of hydrogen-bond acceptors (Lipinski definition) is 2. The van der Waals surface area contributed by atoms with Crippen LogP contribution in [0.4, 0.5) is 4.79 Å².